The summed E-state index contributed by atoms with van der Waals surface area (Å²) in [6.07, 6.45) is 4.61. The fourth-order valence-corrected chi connectivity index (χ4v) is 4.22. The first-order valence-electron chi connectivity index (χ1n) is 8.34. The zero-order chi connectivity index (χ0) is 16.4. The van der Waals surface area contributed by atoms with Gasteiger partial charge in [0.05, 0.1) is 6.07 Å². The molecule has 0 aromatic heterocycles. The van der Waals surface area contributed by atoms with E-state index in [0.717, 1.165) is 18.4 Å². The van der Waals surface area contributed by atoms with Gasteiger partial charge in [-0.15, -0.1) is 0 Å². The lowest BCUT2D eigenvalue weighted by Crippen LogP contribution is -2.46. The van der Waals surface area contributed by atoms with Gasteiger partial charge in [-0.05, 0) is 43.6 Å². The van der Waals surface area contributed by atoms with Gasteiger partial charge in [-0.1, -0.05) is 36.8 Å². The lowest BCUT2D eigenvalue weighted by molar-refractivity contribution is -0.141. The van der Waals surface area contributed by atoms with E-state index in [4.69, 9.17) is 0 Å². The van der Waals surface area contributed by atoms with Gasteiger partial charge in [0.1, 0.15) is 0 Å². The van der Waals surface area contributed by atoms with E-state index in [2.05, 4.69) is 0 Å². The summed E-state index contributed by atoms with van der Waals surface area (Å²) in [7, 11) is 0. The predicted molar refractivity (Wildman–Crippen MR) is 86.0 cm³/mol. The number of Topliss-reactive ketones (excluding diaryl/α,β-unsaturated/α-hetero) is 1. The summed E-state index contributed by atoms with van der Waals surface area (Å²) >= 11 is 0. The summed E-state index contributed by atoms with van der Waals surface area (Å²) in [6.45, 7) is 1.81. The second kappa shape index (κ2) is 6.54. The van der Waals surface area contributed by atoms with Crippen LogP contribution in [0.2, 0.25) is 0 Å². The van der Waals surface area contributed by atoms with Crippen molar-refractivity contribution in [3.05, 3.63) is 35.9 Å². The van der Waals surface area contributed by atoms with Gasteiger partial charge in [-0.2, -0.15) is 5.26 Å². The molecule has 23 heavy (non-hydrogen) atoms. The van der Waals surface area contributed by atoms with Crippen molar-refractivity contribution in [2.75, 3.05) is 0 Å². The van der Waals surface area contributed by atoms with Gasteiger partial charge in [0.2, 0.25) is 5.91 Å². The molecule has 2 saturated carbocycles. The molecule has 2 aliphatic rings. The first-order chi connectivity index (χ1) is 11.1. The van der Waals surface area contributed by atoms with Crippen molar-refractivity contribution in [1.82, 2.24) is 4.90 Å². The number of nitrogens with zero attached hydrogens (tertiary/aromatic N) is 2. The SMILES string of the molecule is CC(=O)C(C#N)C(=O)N(Cc1ccccc1)C1CC2CCC1C2. The van der Waals surface area contributed by atoms with E-state index in [1.807, 2.05) is 41.3 Å². The van der Waals surface area contributed by atoms with Gasteiger partial charge in [0.25, 0.3) is 0 Å². The zero-order valence-corrected chi connectivity index (χ0v) is 13.4. The molecule has 0 N–H and O–H groups in total. The van der Waals surface area contributed by atoms with E-state index < -0.39 is 5.92 Å². The topological polar surface area (TPSA) is 61.2 Å². The van der Waals surface area contributed by atoms with Crippen molar-refractivity contribution in [2.24, 2.45) is 17.8 Å². The Morgan fingerprint density at radius 1 is 1.26 bits per heavy atom. The summed E-state index contributed by atoms with van der Waals surface area (Å²) in [5.74, 6) is -0.620. The number of nitriles is 1. The van der Waals surface area contributed by atoms with Crippen LogP contribution in [-0.2, 0) is 16.1 Å². The van der Waals surface area contributed by atoms with Crippen LogP contribution in [-0.4, -0.2) is 22.6 Å². The number of hydrogen-bond donors (Lipinski definition) is 0. The maximum atomic E-state index is 12.9. The number of rotatable bonds is 5. The molecule has 4 unspecified atom stereocenters. The summed E-state index contributed by atoms with van der Waals surface area (Å²) in [6, 6.07) is 11.9. The molecule has 1 aromatic rings. The van der Waals surface area contributed by atoms with E-state index in [-0.39, 0.29) is 17.7 Å². The Kier molecular flexibility index (Phi) is 4.47. The molecular weight excluding hydrogens is 288 g/mol. The third-order valence-corrected chi connectivity index (χ3v) is 5.36. The predicted octanol–water partition coefficient (Wildman–Crippen LogP) is 2.93. The Hall–Kier alpha value is -2.15. The van der Waals surface area contributed by atoms with E-state index in [1.54, 1.807) is 0 Å². The monoisotopic (exact) mass is 310 g/mol. The highest BCUT2D eigenvalue weighted by molar-refractivity contribution is 6.03. The normalized spacial score (nSPS) is 26.5. The Balaban J connectivity index is 1.85. The highest BCUT2D eigenvalue weighted by Crippen LogP contribution is 2.47. The molecule has 3 rings (SSSR count). The minimum absolute atomic E-state index is 0.177. The number of carbonyl (C=O) groups excluding carboxylic acids is 2. The van der Waals surface area contributed by atoms with E-state index in [9.17, 15) is 14.9 Å². The third kappa shape index (κ3) is 3.14. The first kappa shape index (κ1) is 15.7. The lowest BCUT2D eigenvalue weighted by Gasteiger charge is -2.35. The first-order valence-corrected chi connectivity index (χ1v) is 8.34. The Bertz CT molecular complexity index is 635. The highest BCUT2D eigenvalue weighted by atomic mass is 16.2. The molecule has 2 aliphatic carbocycles. The van der Waals surface area contributed by atoms with Gasteiger partial charge in [-0.3, -0.25) is 9.59 Å². The van der Waals surface area contributed by atoms with Crippen LogP contribution in [0.5, 0.6) is 0 Å². The summed E-state index contributed by atoms with van der Waals surface area (Å²) in [5, 5.41) is 9.24. The maximum Gasteiger partial charge on any atom is 0.248 e. The molecule has 2 fully saturated rings. The molecule has 0 heterocycles. The third-order valence-electron chi connectivity index (χ3n) is 5.36. The molecular formula is C19H22N2O2. The van der Waals surface area contributed by atoms with Gasteiger partial charge < -0.3 is 4.90 Å². The summed E-state index contributed by atoms with van der Waals surface area (Å²) in [5.41, 5.74) is 1.05. The molecule has 0 aliphatic heterocycles. The zero-order valence-electron chi connectivity index (χ0n) is 13.4. The van der Waals surface area contributed by atoms with Crippen molar-refractivity contribution < 1.29 is 9.59 Å². The maximum absolute atomic E-state index is 12.9. The number of benzene rings is 1. The highest BCUT2D eigenvalue weighted by Gasteiger charge is 2.45. The second-order valence-electron chi connectivity index (χ2n) is 6.87. The average molecular weight is 310 g/mol. The molecule has 0 saturated heterocycles. The number of amides is 1. The van der Waals surface area contributed by atoms with Crippen molar-refractivity contribution in [3.63, 3.8) is 0 Å². The van der Waals surface area contributed by atoms with Gasteiger partial charge in [0.15, 0.2) is 11.7 Å². The fourth-order valence-electron chi connectivity index (χ4n) is 4.22. The average Bonchev–Trinajstić information content (AvgIpc) is 3.16. The van der Waals surface area contributed by atoms with Crippen molar-refractivity contribution in [1.29, 1.82) is 5.26 Å². The van der Waals surface area contributed by atoms with Crippen molar-refractivity contribution in [2.45, 2.75) is 45.2 Å². The van der Waals surface area contributed by atoms with Crippen molar-refractivity contribution >= 4 is 11.7 Å². The number of fused-ring (bicyclic) bond motifs is 2. The standard InChI is InChI=1S/C19H22N2O2/c1-13(22)17(11-20)19(23)21(12-14-5-3-2-4-6-14)18-10-15-7-8-16(18)9-15/h2-6,15-18H,7-10,12H2,1H3. The largest absolute Gasteiger partial charge is 0.334 e. The number of carbonyl (C=O) groups is 2. The van der Waals surface area contributed by atoms with Gasteiger partial charge in [-0.25, -0.2) is 0 Å². The Morgan fingerprint density at radius 2 is 2.00 bits per heavy atom. The molecule has 0 spiro atoms. The van der Waals surface area contributed by atoms with Crippen molar-refractivity contribution in [3.8, 4) is 6.07 Å². The van der Waals surface area contributed by atoms with Gasteiger partial charge >= 0.3 is 0 Å². The van der Waals surface area contributed by atoms with Gasteiger partial charge in [0, 0.05) is 12.6 Å². The Labute approximate surface area is 137 Å². The summed E-state index contributed by atoms with van der Waals surface area (Å²) < 4.78 is 0. The molecule has 4 heteroatoms. The van der Waals surface area contributed by atoms with E-state index in [1.165, 1.54) is 19.8 Å². The minimum Gasteiger partial charge on any atom is -0.334 e. The van der Waals surface area contributed by atoms with Crippen LogP contribution in [0.3, 0.4) is 0 Å². The number of hydrogen-bond acceptors (Lipinski definition) is 3. The molecule has 1 amide bonds. The molecule has 2 bridgehead atoms. The van der Waals surface area contributed by atoms with E-state index in [0.29, 0.717) is 18.4 Å². The second-order valence-corrected chi connectivity index (χ2v) is 6.87. The number of ketones is 1. The molecule has 1 aromatic carbocycles. The van der Waals surface area contributed by atoms with Crippen LogP contribution in [0.4, 0.5) is 0 Å². The molecule has 4 atom stereocenters. The van der Waals surface area contributed by atoms with Crippen LogP contribution < -0.4 is 0 Å². The molecule has 0 radical (unpaired) electrons. The van der Waals surface area contributed by atoms with Crippen LogP contribution in [0.15, 0.2) is 30.3 Å². The van der Waals surface area contributed by atoms with Crippen LogP contribution in [0, 0.1) is 29.1 Å². The molecule has 120 valence electrons. The minimum atomic E-state index is -1.17. The van der Waals surface area contributed by atoms with Crippen LogP contribution in [0.25, 0.3) is 0 Å². The summed E-state index contributed by atoms with van der Waals surface area (Å²) in [4.78, 5) is 26.4. The van der Waals surface area contributed by atoms with Crippen LogP contribution in [0.1, 0.15) is 38.2 Å². The smallest absolute Gasteiger partial charge is 0.248 e. The lowest BCUT2D eigenvalue weighted by atomic mass is 9.92. The molecule has 4 nitrogen and oxygen atoms in total. The van der Waals surface area contributed by atoms with Crippen LogP contribution >= 0.6 is 0 Å². The Morgan fingerprint density at radius 3 is 2.52 bits per heavy atom. The fraction of sp³-hybridized carbons (Fsp3) is 0.526. The quantitative estimate of drug-likeness (QED) is 0.786. The van der Waals surface area contributed by atoms with E-state index >= 15 is 0 Å².